The summed E-state index contributed by atoms with van der Waals surface area (Å²) in [6, 6.07) is 0.357. The average molecular weight is 269 g/mol. The maximum atomic E-state index is 12.6. The minimum Gasteiger partial charge on any atom is -0.380 e. The summed E-state index contributed by atoms with van der Waals surface area (Å²) in [5.41, 5.74) is 0. The van der Waals surface area contributed by atoms with Gasteiger partial charge in [0.15, 0.2) is 0 Å². The standard InChI is InChI=1S/C14H27N3O2/c1-11(12(2)19-3)17-8-4-5-13(17)14(18)16-9-6-15-7-10-16/h11-13,15H,4-10H2,1-3H3. The minimum atomic E-state index is 0.0608. The van der Waals surface area contributed by atoms with Gasteiger partial charge in [0.05, 0.1) is 12.1 Å². The molecule has 2 saturated heterocycles. The molecule has 0 bridgehead atoms. The molecule has 5 heteroatoms. The van der Waals surface area contributed by atoms with Crippen LogP contribution in [0.5, 0.6) is 0 Å². The number of rotatable bonds is 4. The molecule has 0 aliphatic carbocycles. The Labute approximate surface area is 116 Å². The molecule has 2 aliphatic heterocycles. The molecular formula is C14H27N3O2. The van der Waals surface area contributed by atoms with Gasteiger partial charge in [0.2, 0.25) is 5.91 Å². The molecule has 2 rings (SSSR count). The predicted molar refractivity (Wildman–Crippen MR) is 75.1 cm³/mol. The van der Waals surface area contributed by atoms with E-state index in [1.165, 1.54) is 0 Å². The monoisotopic (exact) mass is 269 g/mol. The van der Waals surface area contributed by atoms with Gasteiger partial charge in [0.1, 0.15) is 0 Å². The van der Waals surface area contributed by atoms with Crippen molar-refractivity contribution < 1.29 is 9.53 Å². The quantitative estimate of drug-likeness (QED) is 0.797. The van der Waals surface area contributed by atoms with Crippen molar-refractivity contribution in [3.05, 3.63) is 0 Å². The molecule has 5 nitrogen and oxygen atoms in total. The minimum absolute atomic E-state index is 0.0608. The average Bonchev–Trinajstić information content (AvgIpc) is 2.95. The van der Waals surface area contributed by atoms with Gasteiger partial charge in [0, 0.05) is 39.3 Å². The topological polar surface area (TPSA) is 44.8 Å². The number of nitrogens with zero attached hydrogens (tertiary/aromatic N) is 2. The number of hydrogen-bond acceptors (Lipinski definition) is 4. The van der Waals surface area contributed by atoms with Crippen molar-refractivity contribution in [2.75, 3.05) is 39.8 Å². The lowest BCUT2D eigenvalue weighted by Gasteiger charge is -2.37. The van der Waals surface area contributed by atoms with E-state index in [1.54, 1.807) is 7.11 Å². The Morgan fingerprint density at radius 1 is 1.26 bits per heavy atom. The second-order valence-corrected chi connectivity index (χ2v) is 5.65. The molecule has 3 unspecified atom stereocenters. The van der Waals surface area contributed by atoms with E-state index in [0.717, 1.165) is 45.6 Å². The fourth-order valence-corrected chi connectivity index (χ4v) is 3.10. The molecule has 0 spiro atoms. The first-order valence-electron chi connectivity index (χ1n) is 7.43. The highest BCUT2D eigenvalue weighted by atomic mass is 16.5. The van der Waals surface area contributed by atoms with Gasteiger partial charge in [-0.05, 0) is 33.2 Å². The van der Waals surface area contributed by atoms with Gasteiger partial charge in [-0.15, -0.1) is 0 Å². The van der Waals surface area contributed by atoms with Gasteiger partial charge in [-0.2, -0.15) is 0 Å². The summed E-state index contributed by atoms with van der Waals surface area (Å²) in [4.78, 5) is 17.0. The van der Waals surface area contributed by atoms with E-state index in [-0.39, 0.29) is 12.1 Å². The van der Waals surface area contributed by atoms with Crippen molar-refractivity contribution in [2.45, 2.75) is 44.9 Å². The largest absolute Gasteiger partial charge is 0.380 e. The number of amides is 1. The first-order chi connectivity index (χ1) is 9.15. The van der Waals surface area contributed by atoms with Gasteiger partial charge in [0.25, 0.3) is 0 Å². The van der Waals surface area contributed by atoms with E-state index in [2.05, 4.69) is 24.1 Å². The molecule has 2 heterocycles. The van der Waals surface area contributed by atoms with Gasteiger partial charge >= 0.3 is 0 Å². The third-order valence-electron chi connectivity index (χ3n) is 4.58. The second-order valence-electron chi connectivity index (χ2n) is 5.65. The van der Waals surface area contributed by atoms with Crippen LogP contribution in [0.15, 0.2) is 0 Å². The van der Waals surface area contributed by atoms with Crippen LogP contribution in [0.3, 0.4) is 0 Å². The molecule has 1 N–H and O–H groups in total. The fourth-order valence-electron chi connectivity index (χ4n) is 3.10. The number of piperazine rings is 1. The van der Waals surface area contributed by atoms with Crippen molar-refractivity contribution in [1.82, 2.24) is 15.1 Å². The first-order valence-corrected chi connectivity index (χ1v) is 7.43. The normalized spacial score (nSPS) is 28.4. The maximum Gasteiger partial charge on any atom is 0.240 e. The molecule has 19 heavy (non-hydrogen) atoms. The van der Waals surface area contributed by atoms with Crippen molar-refractivity contribution in [1.29, 1.82) is 0 Å². The molecule has 0 saturated carbocycles. The van der Waals surface area contributed by atoms with Crippen LogP contribution in [-0.2, 0) is 9.53 Å². The Balaban J connectivity index is 1.99. The van der Waals surface area contributed by atoms with Crippen LogP contribution in [0.2, 0.25) is 0 Å². The van der Waals surface area contributed by atoms with Gasteiger partial charge in [-0.3, -0.25) is 9.69 Å². The molecular weight excluding hydrogens is 242 g/mol. The Morgan fingerprint density at radius 3 is 2.58 bits per heavy atom. The zero-order chi connectivity index (χ0) is 13.8. The molecule has 2 aliphatic rings. The second kappa shape index (κ2) is 6.68. The predicted octanol–water partition coefficient (Wildman–Crippen LogP) is 0.306. The van der Waals surface area contributed by atoms with E-state index < -0.39 is 0 Å². The Bertz CT molecular complexity index is 305. The lowest BCUT2D eigenvalue weighted by molar-refractivity contribution is -0.138. The van der Waals surface area contributed by atoms with Crippen LogP contribution < -0.4 is 5.32 Å². The number of hydrogen-bond donors (Lipinski definition) is 1. The zero-order valence-corrected chi connectivity index (χ0v) is 12.4. The van der Waals surface area contributed by atoms with Gasteiger partial charge < -0.3 is 15.0 Å². The van der Waals surface area contributed by atoms with E-state index >= 15 is 0 Å². The van der Waals surface area contributed by atoms with Crippen molar-refractivity contribution in [2.24, 2.45) is 0 Å². The Hall–Kier alpha value is -0.650. The summed E-state index contributed by atoms with van der Waals surface area (Å²) in [5.74, 6) is 0.314. The molecule has 0 aromatic heterocycles. The molecule has 1 amide bonds. The van der Waals surface area contributed by atoms with Crippen molar-refractivity contribution in [3.8, 4) is 0 Å². The fraction of sp³-hybridized carbons (Fsp3) is 0.929. The lowest BCUT2D eigenvalue weighted by atomic mass is 10.1. The Morgan fingerprint density at radius 2 is 1.95 bits per heavy atom. The van der Waals surface area contributed by atoms with Crippen molar-refractivity contribution in [3.63, 3.8) is 0 Å². The number of nitrogens with one attached hydrogen (secondary N) is 1. The number of carbonyl (C=O) groups excluding carboxylic acids is 1. The Kier molecular flexibility index (Phi) is 5.19. The summed E-state index contributed by atoms with van der Waals surface area (Å²) >= 11 is 0. The zero-order valence-electron chi connectivity index (χ0n) is 12.4. The summed E-state index contributed by atoms with van der Waals surface area (Å²) in [5, 5.41) is 3.29. The molecule has 0 aromatic rings. The number of methoxy groups -OCH3 is 1. The van der Waals surface area contributed by atoms with Gasteiger partial charge in [-0.1, -0.05) is 0 Å². The van der Waals surface area contributed by atoms with Crippen LogP contribution in [-0.4, -0.2) is 73.7 Å². The van der Waals surface area contributed by atoms with E-state index in [4.69, 9.17) is 4.74 Å². The SMILES string of the molecule is COC(C)C(C)N1CCCC1C(=O)N1CCNCC1. The van der Waals surface area contributed by atoms with E-state index in [0.29, 0.717) is 11.9 Å². The van der Waals surface area contributed by atoms with E-state index in [1.807, 2.05) is 4.90 Å². The number of likely N-dealkylation sites (tertiary alicyclic amines) is 1. The summed E-state index contributed by atoms with van der Waals surface area (Å²) in [6.07, 6.45) is 2.27. The number of ether oxygens (including phenoxy) is 1. The highest BCUT2D eigenvalue weighted by Gasteiger charge is 2.37. The van der Waals surface area contributed by atoms with Crippen LogP contribution in [0, 0.1) is 0 Å². The first kappa shape index (κ1) is 14.8. The molecule has 3 atom stereocenters. The third-order valence-corrected chi connectivity index (χ3v) is 4.58. The molecule has 2 fully saturated rings. The third kappa shape index (κ3) is 3.27. The maximum absolute atomic E-state index is 12.6. The lowest BCUT2D eigenvalue weighted by Crippen LogP contribution is -2.55. The van der Waals surface area contributed by atoms with Crippen molar-refractivity contribution >= 4 is 5.91 Å². The highest BCUT2D eigenvalue weighted by molar-refractivity contribution is 5.82. The van der Waals surface area contributed by atoms with Crippen LogP contribution in [0.4, 0.5) is 0 Å². The van der Waals surface area contributed by atoms with Crippen LogP contribution in [0.1, 0.15) is 26.7 Å². The van der Waals surface area contributed by atoms with Crippen LogP contribution in [0.25, 0.3) is 0 Å². The number of carbonyl (C=O) groups is 1. The van der Waals surface area contributed by atoms with Crippen LogP contribution >= 0.6 is 0 Å². The highest BCUT2D eigenvalue weighted by Crippen LogP contribution is 2.24. The molecule has 110 valence electrons. The smallest absolute Gasteiger partial charge is 0.240 e. The molecule has 0 aromatic carbocycles. The van der Waals surface area contributed by atoms with Gasteiger partial charge in [-0.25, -0.2) is 0 Å². The molecule has 0 radical (unpaired) electrons. The van der Waals surface area contributed by atoms with E-state index in [9.17, 15) is 4.79 Å². The summed E-state index contributed by atoms with van der Waals surface area (Å²) in [6.45, 7) is 8.78. The summed E-state index contributed by atoms with van der Waals surface area (Å²) in [7, 11) is 1.74. The summed E-state index contributed by atoms with van der Waals surface area (Å²) < 4.78 is 5.42.